The minimum atomic E-state index is -0.745. The van der Waals surface area contributed by atoms with Crippen LogP contribution < -0.4 is 0 Å². The largest absolute Gasteiger partial charge is 0.466 e. The molecule has 0 aliphatic carbocycles. The van der Waals surface area contributed by atoms with Crippen molar-refractivity contribution in [2.75, 3.05) is 20.3 Å². The van der Waals surface area contributed by atoms with Gasteiger partial charge in [-0.15, -0.1) is 0 Å². The predicted octanol–water partition coefficient (Wildman–Crippen LogP) is 0.688. The molecule has 104 valence electrons. The van der Waals surface area contributed by atoms with E-state index < -0.39 is 30.2 Å². The summed E-state index contributed by atoms with van der Waals surface area (Å²) < 4.78 is 27.2. The molecule has 0 spiro atoms. The molecule has 0 aromatic rings. The lowest BCUT2D eigenvalue weighted by Gasteiger charge is -2.34. The van der Waals surface area contributed by atoms with E-state index in [0.717, 1.165) is 0 Å². The van der Waals surface area contributed by atoms with Gasteiger partial charge in [-0.1, -0.05) is 0 Å². The Balaban J connectivity index is 2.14. The van der Waals surface area contributed by atoms with Crippen LogP contribution >= 0.6 is 0 Å². The molecule has 2 saturated heterocycles. The smallest absolute Gasteiger partial charge is 0.314 e. The number of rotatable bonds is 3. The van der Waals surface area contributed by atoms with Crippen LogP contribution in [0, 0.1) is 5.92 Å². The zero-order chi connectivity index (χ0) is 13.3. The van der Waals surface area contributed by atoms with Gasteiger partial charge in [0.25, 0.3) is 0 Å². The van der Waals surface area contributed by atoms with Gasteiger partial charge in [-0.2, -0.15) is 0 Å². The number of carbonyl (C=O) groups excluding carboxylic acids is 1. The molecule has 2 aliphatic rings. The monoisotopic (exact) mass is 260 g/mol. The van der Waals surface area contributed by atoms with Crippen LogP contribution in [0.15, 0.2) is 0 Å². The van der Waals surface area contributed by atoms with E-state index in [1.807, 2.05) is 0 Å². The standard InChI is InChI=1S/C12H20O6/c1-5-15-10(13)7-6-16-11(14-4)9-8(7)17-12(2,3)18-9/h7-9,11H,5-6H2,1-4H3/t7-,8?,9?,11?/m0/s1. The Morgan fingerprint density at radius 2 is 2.00 bits per heavy atom. The lowest BCUT2D eigenvalue weighted by Crippen LogP contribution is -2.51. The van der Waals surface area contributed by atoms with Crippen LogP contribution in [0.3, 0.4) is 0 Å². The van der Waals surface area contributed by atoms with Crippen molar-refractivity contribution in [3.8, 4) is 0 Å². The molecule has 0 N–H and O–H groups in total. The van der Waals surface area contributed by atoms with Gasteiger partial charge in [-0.05, 0) is 20.8 Å². The maximum Gasteiger partial charge on any atom is 0.314 e. The molecule has 2 heterocycles. The van der Waals surface area contributed by atoms with Crippen LogP contribution in [0.1, 0.15) is 20.8 Å². The summed E-state index contributed by atoms with van der Waals surface area (Å²) in [7, 11) is 1.54. The topological polar surface area (TPSA) is 63.2 Å². The first-order chi connectivity index (χ1) is 8.48. The van der Waals surface area contributed by atoms with Crippen LogP contribution in [-0.4, -0.2) is 50.6 Å². The third-order valence-electron chi connectivity index (χ3n) is 3.09. The molecule has 6 heteroatoms. The number of esters is 1. The Hall–Kier alpha value is -0.690. The Morgan fingerprint density at radius 1 is 1.33 bits per heavy atom. The first kappa shape index (κ1) is 13.7. The zero-order valence-corrected chi connectivity index (χ0v) is 11.2. The van der Waals surface area contributed by atoms with Crippen molar-refractivity contribution < 1.29 is 28.5 Å². The molecule has 0 bridgehead atoms. The summed E-state index contributed by atoms with van der Waals surface area (Å²) in [6.07, 6.45) is -1.31. The normalized spacial score (nSPS) is 38.2. The van der Waals surface area contributed by atoms with Crippen molar-refractivity contribution >= 4 is 5.97 Å². The average molecular weight is 260 g/mol. The van der Waals surface area contributed by atoms with Crippen LogP contribution in [0.25, 0.3) is 0 Å². The molecule has 18 heavy (non-hydrogen) atoms. The highest BCUT2D eigenvalue weighted by atomic mass is 16.8. The summed E-state index contributed by atoms with van der Waals surface area (Å²) in [5.41, 5.74) is 0. The molecule has 6 nitrogen and oxygen atoms in total. The minimum absolute atomic E-state index is 0.220. The zero-order valence-electron chi connectivity index (χ0n) is 11.2. The molecule has 4 atom stereocenters. The molecular formula is C12H20O6. The maximum absolute atomic E-state index is 11.9. The first-order valence-corrected chi connectivity index (χ1v) is 6.15. The lowest BCUT2D eigenvalue weighted by atomic mass is 9.96. The third kappa shape index (κ3) is 2.51. The fourth-order valence-corrected chi connectivity index (χ4v) is 2.38. The van der Waals surface area contributed by atoms with Gasteiger partial charge in [0.2, 0.25) is 0 Å². The maximum atomic E-state index is 11.9. The van der Waals surface area contributed by atoms with Gasteiger partial charge >= 0.3 is 5.97 Å². The van der Waals surface area contributed by atoms with Crippen LogP contribution in [-0.2, 0) is 28.5 Å². The SMILES string of the molecule is CCOC(=O)[C@H]1COC(OC)C2OC(C)(C)OC21. The van der Waals surface area contributed by atoms with E-state index in [1.54, 1.807) is 27.9 Å². The van der Waals surface area contributed by atoms with Crippen molar-refractivity contribution in [3.63, 3.8) is 0 Å². The summed E-state index contributed by atoms with van der Waals surface area (Å²) in [5, 5.41) is 0. The Kier molecular flexibility index (Phi) is 3.91. The van der Waals surface area contributed by atoms with E-state index in [2.05, 4.69) is 0 Å². The highest BCUT2D eigenvalue weighted by Crippen LogP contribution is 2.38. The third-order valence-corrected chi connectivity index (χ3v) is 3.09. The van der Waals surface area contributed by atoms with Crippen molar-refractivity contribution in [2.45, 2.75) is 45.1 Å². The molecule has 2 rings (SSSR count). The lowest BCUT2D eigenvalue weighted by molar-refractivity contribution is -0.231. The van der Waals surface area contributed by atoms with E-state index in [1.165, 1.54) is 0 Å². The molecule has 2 fully saturated rings. The van der Waals surface area contributed by atoms with E-state index in [-0.39, 0.29) is 12.6 Å². The predicted molar refractivity (Wildman–Crippen MR) is 60.7 cm³/mol. The van der Waals surface area contributed by atoms with Crippen LogP contribution in [0.2, 0.25) is 0 Å². The average Bonchev–Trinajstić information content (AvgIpc) is 2.62. The van der Waals surface area contributed by atoms with Gasteiger partial charge in [-0.25, -0.2) is 0 Å². The molecule has 2 aliphatic heterocycles. The molecule has 0 aromatic carbocycles. The second-order valence-electron chi connectivity index (χ2n) is 4.86. The van der Waals surface area contributed by atoms with Crippen molar-refractivity contribution in [1.82, 2.24) is 0 Å². The van der Waals surface area contributed by atoms with Crippen molar-refractivity contribution in [3.05, 3.63) is 0 Å². The van der Waals surface area contributed by atoms with E-state index in [0.29, 0.717) is 6.61 Å². The quantitative estimate of drug-likeness (QED) is 0.696. The summed E-state index contributed by atoms with van der Waals surface area (Å²) in [5.74, 6) is -1.53. The fraction of sp³-hybridized carbons (Fsp3) is 0.917. The fourth-order valence-electron chi connectivity index (χ4n) is 2.38. The number of carbonyl (C=O) groups is 1. The van der Waals surface area contributed by atoms with Gasteiger partial charge in [-0.3, -0.25) is 4.79 Å². The van der Waals surface area contributed by atoms with Gasteiger partial charge in [0.05, 0.1) is 13.2 Å². The number of hydrogen-bond acceptors (Lipinski definition) is 6. The first-order valence-electron chi connectivity index (χ1n) is 6.15. The molecular weight excluding hydrogens is 240 g/mol. The summed E-state index contributed by atoms with van der Waals surface area (Å²) >= 11 is 0. The highest BCUT2D eigenvalue weighted by Gasteiger charge is 2.54. The molecule has 0 aromatic heterocycles. The molecule has 3 unspecified atom stereocenters. The van der Waals surface area contributed by atoms with Gasteiger partial charge < -0.3 is 23.7 Å². The van der Waals surface area contributed by atoms with Gasteiger partial charge in [0, 0.05) is 7.11 Å². The number of fused-ring (bicyclic) bond motifs is 1. The summed E-state index contributed by atoms with van der Waals surface area (Å²) in [6, 6.07) is 0. The minimum Gasteiger partial charge on any atom is -0.466 e. The van der Waals surface area contributed by atoms with Crippen LogP contribution in [0.4, 0.5) is 0 Å². The summed E-state index contributed by atoms with van der Waals surface area (Å²) in [6.45, 7) is 5.94. The molecule has 0 radical (unpaired) electrons. The Morgan fingerprint density at radius 3 is 2.61 bits per heavy atom. The van der Waals surface area contributed by atoms with Gasteiger partial charge in [0.15, 0.2) is 12.1 Å². The Labute approximate surface area is 106 Å². The van der Waals surface area contributed by atoms with Gasteiger partial charge in [0.1, 0.15) is 18.1 Å². The second-order valence-corrected chi connectivity index (χ2v) is 4.86. The number of methoxy groups -OCH3 is 1. The second kappa shape index (κ2) is 5.13. The van der Waals surface area contributed by atoms with Crippen LogP contribution in [0.5, 0.6) is 0 Å². The summed E-state index contributed by atoms with van der Waals surface area (Å²) in [4.78, 5) is 11.9. The van der Waals surface area contributed by atoms with E-state index in [9.17, 15) is 4.79 Å². The van der Waals surface area contributed by atoms with Crippen molar-refractivity contribution in [1.29, 1.82) is 0 Å². The van der Waals surface area contributed by atoms with E-state index in [4.69, 9.17) is 23.7 Å². The number of ether oxygens (including phenoxy) is 5. The van der Waals surface area contributed by atoms with E-state index >= 15 is 0 Å². The van der Waals surface area contributed by atoms with Crippen molar-refractivity contribution in [2.24, 2.45) is 5.92 Å². The molecule has 0 amide bonds. The highest BCUT2D eigenvalue weighted by molar-refractivity contribution is 5.73. The number of hydrogen-bond donors (Lipinski definition) is 0. The Bertz CT molecular complexity index is 316. The molecule has 0 saturated carbocycles.